The highest BCUT2D eigenvalue weighted by Crippen LogP contribution is 2.20. The van der Waals surface area contributed by atoms with E-state index in [1.54, 1.807) is 12.1 Å². The number of benzene rings is 2. The van der Waals surface area contributed by atoms with Gasteiger partial charge in [-0.2, -0.15) is 10.3 Å². The Morgan fingerprint density at radius 1 is 1.14 bits per heavy atom. The molecule has 37 heavy (non-hydrogen) atoms. The molecule has 196 valence electrons. The summed E-state index contributed by atoms with van der Waals surface area (Å²) in [5.41, 5.74) is 3.03. The number of nitrogens with one attached hydrogen (secondary N) is 1. The number of carbonyl (C=O) groups excluding carboxylic acids is 1. The van der Waals surface area contributed by atoms with Crippen molar-refractivity contribution >= 4 is 33.7 Å². The topological polar surface area (TPSA) is 124 Å². The van der Waals surface area contributed by atoms with Gasteiger partial charge >= 0.3 is 12.3 Å². The summed E-state index contributed by atoms with van der Waals surface area (Å²) in [5, 5.41) is 9.38. The van der Waals surface area contributed by atoms with E-state index in [2.05, 4.69) is 29.8 Å². The van der Waals surface area contributed by atoms with Crippen LogP contribution < -0.4 is 9.89 Å². The summed E-state index contributed by atoms with van der Waals surface area (Å²) in [6.07, 6.45) is 6.98. The molecular formula is C27H33N4O5S+. The van der Waals surface area contributed by atoms with Crippen molar-refractivity contribution < 1.29 is 32.0 Å². The quantitative estimate of drug-likeness (QED) is 0.174. The van der Waals surface area contributed by atoms with Gasteiger partial charge in [-0.25, -0.2) is 17.7 Å². The largest absolute Gasteiger partial charge is 0.744 e. The van der Waals surface area contributed by atoms with Crippen LogP contribution in [0.15, 0.2) is 71.9 Å². The molecule has 0 bridgehead atoms. The van der Waals surface area contributed by atoms with Crippen molar-refractivity contribution in [3.05, 3.63) is 78.1 Å². The van der Waals surface area contributed by atoms with Gasteiger partial charge in [0.1, 0.15) is 29.3 Å². The fraction of sp³-hybridized carbons (Fsp3) is 0.296. The van der Waals surface area contributed by atoms with Crippen molar-refractivity contribution in [2.45, 2.75) is 25.7 Å². The van der Waals surface area contributed by atoms with E-state index in [-0.39, 0.29) is 11.5 Å². The summed E-state index contributed by atoms with van der Waals surface area (Å²) in [7, 11) is -2.27. The predicted octanol–water partition coefficient (Wildman–Crippen LogP) is 1.92. The van der Waals surface area contributed by atoms with Gasteiger partial charge in [0.2, 0.25) is 6.20 Å². The Morgan fingerprint density at radius 3 is 2.24 bits per heavy atom. The molecule has 0 spiro atoms. The molecule has 2 aromatic rings. The molecule has 3 rings (SSSR count). The van der Waals surface area contributed by atoms with Crippen LogP contribution in [0.1, 0.15) is 25.0 Å². The molecule has 1 N–H and O–H groups in total. The molecule has 0 amide bonds. The van der Waals surface area contributed by atoms with E-state index in [1.165, 1.54) is 18.2 Å². The van der Waals surface area contributed by atoms with Crippen LogP contribution in [0, 0.1) is 18.3 Å². The lowest BCUT2D eigenvalue weighted by Crippen LogP contribution is -2.62. The first-order valence-electron chi connectivity index (χ1n) is 11.8. The van der Waals surface area contributed by atoms with Crippen LogP contribution in [0.4, 0.5) is 5.69 Å². The van der Waals surface area contributed by atoms with Crippen LogP contribution >= 0.6 is 0 Å². The minimum absolute atomic E-state index is 0.178. The molecule has 0 radical (unpaired) electrons. The molecule has 1 unspecified atom stereocenters. The second-order valence-corrected chi connectivity index (χ2v) is 9.89. The molecule has 0 saturated carbocycles. The minimum Gasteiger partial charge on any atom is -0.744 e. The number of likely N-dealkylation sites (N-methyl/N-ethyl adjacent to an activating group) is 1. The van der Waals surface area contributed by atoms with Crippen LogP contribution in [0.2, 0.25) is 0 Å². The average molecular weight is 526 g/mol. The van der Waals surface area contributed by atoms with Crippen LogP contribution in [0.5, 0.6) is 0 Å². The summed E-state index contributed by atoms with van der Waals surface area (Å²) < 4.78 is 37.0. The second-order valence-electron chi connectivity index (χ2n) is 8.51. The summed E-state index contributed by atoms with van der Waals surface area (Å²) in [6, 6.07) is 15.5. The minimum atomic E-state index is -4.27. The molecular weight excluding hydrogens is 492 g/mol. The summed E-state index contributed by atoms with van der Waals surface area (Å²) in [5.74, 6) is -0.503. The lowest BCUT2D eigenvalue weighted by atomic mass is 10.1. The summed E-state index contributed by atoms with van der Waals surface area (Å²) in [6.45, 7) is 8.76. The Labute approximate surface area is 219 Å². The number of ether oxygens (including phenoxy) is 1. The van der Waals surface area contributed by atoms with E-state index >= 15 is 0 Å². The van der Waals surface area contributed by atoms with Crippen molar-refractivity contribution in [3.63, 3.8) is 0 Å². The van der Waals surface area contributed by atoms with E-state index in [0.717, 1.165) is 24.3 Å². The highest BCUT2D eigenvalue weighted by molar-refractivity contribution is 7.85. The van der Waals surface area contributed by atoms with Gasteiger partial charge in [-0.3, -0.25) is 0 Å². The van der Waals surface area contributed by atoms with E-state index in [9.17, 15) is 23.0 Å². The molecule has 0 aliphatic carbocycles. The number of quaternary nitrogens is 1. The van der Waals surface area contributed by atoms with Gasteiger partial charge in [-0.05, 0) is 50.6 Å². The average Bonchev–Trinajstić information content (AvgIpc) is 3.30. The van der Waals surface area contributed by atoms with Crippen molar-refractivity contribution in [2.24, 2.45) is 0 Å². The Hall–Kier alpha value is -3.78. The monoisotopic (exact) mass is 525 g/mol. The van der Waals surface area contributed by atoms with Crippen molar-refractivity contribution in [2.75, 3.05) is 38.2 Å². The molecule has 10 heteroatoms. The number of nitriles is 1. The molecule has 1 aliphatic rings. The Morgan fingerprint density at radius 2 is 1.76 bits per heavy atom. The van der Waals surface area contributed by atoms with Gasteiger partial charge in [-0.15, -0.1) is 0 Å². The third-order valence-corrected chi connectivity index (χ3v) is 6.55. The number of aryl methyl sites for hydroxylation is 1. The number of hydrogen-bond donors (Lipinski definition) is 1. The molecule has 0 aromatic heterocycles. The van der Waals surface area contributed by atoms with Gasteiger partial charge in [0, 0.05) is 24.9 Å². The lowest BCUT2D eigenvalue weighted by molar-refractivity contribution is -0.767. The molecule has 0 fully saturated rings. The zero-order valence-corrected chi connectivity index (χ0v) is 22.4. The maximum atomic E-state index is 12.0. The standard InChI is InChI=1S/C20H25N4O2.C7H8O3S/c1-4-23(5-2)19-8-6-17(7-9-19)18(15-21)14-20(25)26-13-12-24(3)11-10-22-16-24;1-6-2-4-7(5-3-6)11(8,9)10/h6-11,14,16H,4-5,12-13H2,1-3H3;2-5H,1H3,(H,8,9,10)/q+1;/b18-14+;. The van der Waals surface area contributed by atoms with E-state index in [0.29, 0.717) is 22.2 Å². The first-order chi connectivity index (χ1) is 17.5. The first-order valence-corrected chi connectivity index (χ1v) is 13.2. The lowest BCUT2D eigenvalue weighted by Gasteiger charge is -2.21. The number of esters is 1. The third kappa shape index (κ3) is 9.31. The first kappa shape index (κ1) is 29.5. The number of allylic oxidation sites excluding steroid dienone is 1. The van der Waals surface area contributed by atoms with Crippen LogP contribution in [-0.2, 0) is 19.6 Å². The van der Waals surface area contributed by atoms with Crippen molar-refractivity contribution in [3.8, 4) is 6.07 Å². The number of rotatable bonds is 9. The molecule has 9 nitrogen and oxygen atoms in total. The van der Waals surface area contributed by atoms with Gasteiger partial charge < -0.3 is 14.2 Å². The molecule has 1 aliphatic heterocycles. The van der Waals surface area contributed by atoms with E-state index in [4.69, 9.17) is 4.74 Å². The number of carbonyl (C=O) groups is 1. The normalized spacial score (nSPS) is 16.5. The Balaban J connectivity index is 0.000000364. The maximum absolute atomic E-state index is 12.0. The van der Waals surface area contributed by atoms with Crippen LogP contribution in [0.3, 0.4) is 0 Å². The zero-order valence-electron chi connectivity index (χ0n) is 21.5. The fourth-order valence-electron chi connectivity index (χ4n) is 3.44. The molecule has 1 heterocycles. The van der Waals surface area contributed by atoms with Crippen LogP contribution in [-0.4, -0.2) is 63.1 Å². The highest BCUT2D eigenvalue weighted by atomic mass is 32.2. The number of hydrogen-bond acceptors (Lipinski definition) is 7. The van der Waals surface area contributed by atoms with Gasteiger partial charge in [0.05, 0.1) is 17.5 Å². The Bertz CT molecular complexity index is 1280. The van der Waals surface area contributed by atoms with E-state index < -0.39 is 16.1 Å². The molecule has 2 aromatic carbocycles. The van der Waals surface area contributed by atoms with E-state index in [1.807, 2.05) is 57.0 Å². The number of anilines is 1. The second kappa shape index (κ2) is 13.5. The maximum Gasteiger partial charge on any atom is 0.335 e. The molecule has 0 saturated heterocycles. The zero-order chi connectivity index (χ0) is 27.5. The van der Waals surface area contributed by atoms with Crippen LogP contribution in [0.25, 0.3) is 5.57 Å². The third-order valence-electron chi connectivity index (χ3n) is 5.70. The summed E-state index contributed by atoms with van der Waals surface area (Å²) in [4.78, 5) is 17.1. The van der Waals surface area contributed by atoms with Crippen molar-refractivity contribution in [1.82, 2.24) is 0 Å². The van der Waals surface area contributed by atoms with Gasteiger partial charge in [0.15, 0.2) is 6.20 Å². The van der Waals surface area contributed by atoms with Crippen molar-refractivity contribution in [1.29, 1.82) is 5.26 Å². The molecule has 1 atom stereocenters. The smallest absolute Gasteiger partial charge is 0.335 e. The highest BCUT2D eigenvalue weighted by Gasteiger charge is 2.24. The van der Waals surface area contributed by atoms with Gasteiger partial charge in [-0.1, -0.05) is 29.8 Å². The SMILES string of the molecule is CCN(CC)c1ccc(/C(C#N)=C/C(=O)OCC[N+]2(C)C=C[NH+]=C2)cc1.Cc1ccc(S(=O)(=O)[O-])cc1. The fourth-order valence-corrected chi connectivity index (χ4v) is 3.91. The Kier molecular flexibility index (Phi) is 10.8. The predicted molar refractivity (Wildman–Crippen MR) is 141 cm³/mol. The number of nitrogens with zero attached hydrogens (tertiary/aromatic N) is 3. The van der Waals surface area contributed by atoms with Gasteiger partial charge in [0.25, 0.3) is 0 Å². The summed E-state index contributed by atoms with van der Waals surface area (Å²) >= 11 is 0.